The predicted octanol–water partition coefficient (Wildman–Crippen LogP) is -2.53. The standard InChI is InChI=1S/C25H30N10O12S2/c1-10-17(31-19(39)18(13-9-48-22(26)30-13)32-47-25(2,3)21(41)42)20(40)35(10)24(44)33-49(45,46)34-8-12(5-16(34)38)29-23(43)28-6-11-4-14(36)15(37)7-27-11/h4,7,9-10,12,17,37H,5-6,8H2,1-3H3,(H2,26,30)(H,27,36)(H,31,39)(H,33,44)(H,41,42)(H2,28,29,43)/b32-18-/t10-,12-,17-/m0/s1. The number of imide groups is 1. The van der Waals surface area contributed by atoms with Crippen LogP contribution >= 0.6 is 11.3 Å². The molecular weight excluding hydrogens is 696 g/mol. The molecule has 3 atom stereocenters. The largest absolute Gasteiger partial charge is 0.503 e. The van der Waals surface area contributed by atoms with E-state index in [4.69, 9.17) is 10.6 Å². The summed E-state index contributed by atoms with van der Waals surface area (Å²) in [4.78, 5) is 98.5. The smallest absolute Gasteiger partial charge is 0.350 e. The molecule has 0 saturated carbocycles. The number of β-lactam (4-membered cyclic amide) rings is 1. The number of carbonyl (C=O) groups is 6. The Bertz CT molecular complexity index is 1910. The van der Waals surface area contributed by atoms with Crippen LogP contribution in [0.2, 0.25) is 0 Å². The first kappa shape index (κ1) is 36.1. The highest BCUT2D eigenvalue weighted by atomic mass is 32.2. The summed E-state index contributed by atoms with van der Waals surface area (Å²) in [7, 11) is -4.86. The summed E-state index contributed by atoms with van der Waals surface area (Å²) in [5, 5.41) is 30.6. The number of nitrogens with one attached hydrogen (secondary N) is 5. The summed E-state index contributed by atoms with van der Waals surface area (Å²) in [5.41, 5.74) is 2.70. The number of pyridine rings is 1. The normalized spacial score (nSPS) is 19.6. The molecule has 2 aromatic rings. The number of aliphatic carboxylic acids is 1. The van der Waals surface area contributed by atoms with Gasteiger partial charge in [-0.25, -0.2) is 28.4 Å². The van der Waals surface area contributed by atoms with Gasteiger partial charge in [-0.2, -0.15) is 8.42 Å². The highest BCUT2D eigenvalue weighted by molar-refractivity contribution is 7.88. The predicted molar refractivity (Wildman–Crippen MR) is 166 cm³/mol. The van der Waals surface area contributed by atoms with Crippen molar-refractivity contribution >= 4 is 68.1 Å². The van der Waals surface area contributed by atoms with Crippen LogP contribution in [0.4, 0.5) is 14.7 Å². The minimum Gasteiger partial charge on any atom is -0.503 e. The zero-order valence-corrected chi connectivity index (χ0v) is 27.4. The first-order valence-corrected chi connectivity index (χ1v) is 16.3. The van der Waals surface area contributed by atoms with Crippen LogP contribution in [0.5, 0.6) is 5.75 Å². The van der Waals surface area contributed by atoms with Gasteiger partial charge in [-0.3, -0.25) is 24.1 Å². The molecule has 0 aromatic carbocycles. The lowest BCUT2D eigenvalue weighted by atomic mass is 9.97. The number of carboxylic acids is 1. The fraction of sp³-hybridized carbons (Fsp3) is 0.400. The number of nitrogens with zero attached hydrogens (tertiary/aromatic N) is 4. The Morgan fingerprint density at radius 3 is 2.51 bits per heavy atom. The minimum atomic E-state index is -4.86. The van der Waals surface area contributed by atoms with E-state index in [-0.39, 0.29) is 23.1 Å². The van der Waals surface area contributed by atoms with Crippen LogP contribution in [0.3, 0.4) is 0 Å². The summed E-state index contributed by atoms with van der Waals surface area (Å²) in [6.45, 7) is 2.92. The average molecular weight is 727 g/mol. The van der Waals surface area contributed by atoms with Crippen LogP contribution in [0.25, 0.3) is 0 Å². The van der Waals surface area contributed by atoms with Crippen molar-refractivity contribution in [2.45, 2.75) is 57.5 Å². The number of H-pyrrole nitrogens is 1. The minimum absolute atomic E-state index is 0.0382. The number of amides is 7. The molecule has 0 unspecified atom stereocenters. The second-order valence-electron chi connectivity index (χ2n) is 11.1. The number of hydrogen-bond acceptors (Lipinski definition) is 15. The molecule has 2 aromatic heterocycles. The van der Waals surface area contributed by atoms with Gasteiger partial charge in [0, 0.05) is 29.8 Å². The van der Waals surface area contributed by atoms with Crippen LogP contribution in [-0.2, 0) is 40.8 Å². The number of nitrogens with two attached hydrogens (primary N) is 1. The topological polar surface area (TPSA) is 325 Å². The van der Waals surface area contributed by atoms with Gasteiger partial charge in [0.15, 0.2) is 16.6 Å². The lowest BCUT2D eigenvalue weighted by Gasteiger charge is -2.43. The number of carbonyl (C=O) groups excluding carboxylic acids is 5. The summed E-state index contributed by atoms with van der Waals surface area (Å²) in [5.74, 6) is -4.97. The fourth-order valence-electron chi connectivity index (χ4n) is 4.34. The zero-order chi connectivity index (χ0) is 36.4. The Kier molecular flexibility index (Phi) is 10.1. The summed E-state index contributed by atoms with van der Waals surface area (Å²) in [6, 6.07) is -4.67. The number of likely N-dealkylation sites (tertiary alicyclic amines) is 1. The number of thiazole rings is 1. The number of rotatable bonds is 11. The molecule has 22 nitrogen and oxygen atoms in total. The Morgan fingerprint density at radius 2 is 1.92 bits per heavy atom. The van der Waals surface area contributed by atoms with Crippen molar-refractivity contribution in [2.24, 2.45) is 5.16 Å². The molecule has 0 radical (unpaired) electrons. The van der Waals surface area contributed by atoms with Gasteiger partial charge >= 0.3 is 28.2 Å². The van der Waals surface area contributed by atoms with Gasteiger partial charge in [0.05, 0.1) is 25.2 Å². The fourth-order valence-corrected chi connectivity index (χ4v) is 6.04. The van der Waals surface area contributed by atoms with Crippen molar-refractivity contribution in [3.8, 4) is 5.75 Å². The van der Waals surface area contributed by atoms with Crippen LogP contribution in [0.15, 0.2) is 27.6 Å². The molecule has 49 heavy (non-hydrogen) atoms. The maximum absolute atomic E-state index is 13.1. The number of aromatic nitrogens is 2. The van der Waals surface area contributed by atoms with E-state index in [1.807, 2.05) is 0 Å². The molecular formula is C25H30N10O12S2. The average Bonchev–Trinajstić information content (AvgIpc) is 3.61. The molecule has 2 aliphatic heterocycles. The second-order valence-corrected chi connectivity index (χ2v) is 13.6. The van der Waals surface area contributed by atoms with Crippen molar-refractivity contribution in [3.63, 3.8) is 0 Å². The third-order valence-corrected chi connectivity index (χ3v) is 9.12. The Hall–Kier alpha value is -5.78. The molecule has 4 rings (SSSR count). The SMILES string of the molecule is C[C@H]1[C@H](NC(=O)/C(=N\OC(C)(C)C(=O)O)c2csc(N)n2)C(=O)N1C(=O)NS(=O)(=O)N1C[C@@H](NC(=O)NCc2cc(=O)c(O)c[nH]2)CC1=O. The summed E-state index contributed by atoms with van der Waals surface area (Å²) in [6.07, 6.45) is 0.581. The molecule has 0 spiro atoms. The molecule has 7 amide bonds. The van der Waals surface area contributed by atoms with E-state index in [0.717, 1.165) is 23.6 Å². The van der Waals surface area contributed by atoms with E-state index in [2.05, 4.69) is 31.1 Å². The Balaban J connectivity index is 1.34. The Morgan fingerprint density at radius 1 is 1.22 bits per heavy atom. The number of carboxylic acid groups (broad SMARTS) is 1. The number of anilines is 1. The van der Waals surface area contributed by atoms with Crippen molar-refractivity contribution in [1.82, 2.24) is 39.8 Å². The number of urea groups is 2. The number of nitrogen functional groups attached to an aromatic ring is 1. The van der Waals surface area contributed by atoms with Gasteiger partial charge in [0.2, 0.25) is 16.9 Å². The van der Waals surface area contributed by atoms with Gasteiger partial charge in [0.25, 0.3) is 11.8 Å². The van der Waals surface area contributed by atoms with Crippen molar-refractivity contribution in [1.29, 1.82) is 0 Å². The molecule has 0 aliphatic carbocycles. The summed E-state index contributed by atoms with van der Waals surface area (Å²) >= 11 is 0.934. The van der Waals surface area contributed by atoms with E-state index < -0.39 is 99.5 Å². The number of aromatic hydroxyl groups is 1. The molecule has 2 fully saturated rings. The number of oxime groups is 1. The van der Waals surface area contributed by atoms with E-state index in [9.17, 15) is 52.2 Å². The maximum Gasteiger partial charge on any atom is 0.350 e. The Labute approximate surface area is 279 Å². The monoisotopic (exact) mass is 726 g/mol. The van der Waals surface area contributed by atoms with Crippen molar-refractivity contribution < 1.29 is 52.2 Å². The van der Waals surface area contributed by atoms with Gasteiger partial charge in [-0.1, -0.05) is 5.16 Å². The van der Waals surface area contributed by atoms with Gasteiger partial charge in [0.1, 0.15) is 11.7 Å². The zero-order valence-electron chi connectivity index (χ0n) is 25.7. The van der Waals surface area contributed by atoms with Crippen LogP contribution < -0.4 is 31.8 Å². The highest BCUT2D eigenvalue weighted by Gasteiger charge is 2.51. The molecule has 2 aliphatic rings. The first-order chi connectivity index (χ1) is 22.8. The molecule has 9 N–H and O–H groups in total. The number of hydrogen-bond donors (Lipinski definition) is 8. The van der Waals surface area contributed by atoms with Crippen LogP contribution in [-0.4, -0.2) is 110 Å². The molecule has 2 saturated heterocycles. The quantitative estimate of drug-likeness (QED) is 0.0673. The van der Waals surface area contributed by atoms with E-state index >= 15 is 0 Å². The lowest BCUT2D eigenvalue weighted by Crippen LogP contribution is -2.73. The maximum atomic E-state index is 13.1. The lowest BCUT2D eigenvalue weighted by molar-refractivity contribution is -0.161. The second kappa shape index (κ2) is 13.8. The molecule has 24 heteroatoms. The first-order valence-electron chi connectivity index (χ1n) is 14.0. The summed E-state index contributed by atoms with van der Waals surface area (Å²) < 4.78 is 27.8. The van der Waals surface area contributed by atoms with E-state index in [0.29, 0.717) is 9.21 Å². The van der Waals surface area contributed by atoms with Crippen LogP contribution in [0, 0.1) is 0 Å². The van der Waals surface area contributed by atoms with E-state index in [1.54, 1.807) is 4.72 Å². The molecule has 0 bridgehead atoms. The third-order valence-electron chi connectivity index (χ3n) is 7.08. The molecule has 4 heterocycles. The van der Waals surface area contributed by atoms with Crippen molar-refractivity contribution in [3.05, 3.63) is 39.3 Å². The van der Waals surface area contributed by atoms with Crippen molar-refractivity contribution in [2.75, 3.05) is 12.3 Å². The molecule has 264 valence electrons. The van der Waals surface area contributed by atoms with Gasteiger partial charge in [-0.05, 0) is 20.8 Å². The highest BCUT2D eigenvalue weighted by Crippen LogP contribution is 2.22. The third kappa shape index (κ3) is 8.03. The van der Waals surface area contributed by atoms with E-state index in [1.165, 1.54) is 26.2 Å². The van der Waals surface area contributed by atoms with Gasteiger partial charge < -0.3 is 41.7 Å². The van der Waals surface area contributed by atoms with Gasteiger partial charge in [-0.15, -0.1) is 11.3 Å². The van der Waals surface area contributed by atoms with Crippen LogP contribution in [0.1, 0.15) is 38.6 Å². The number of aromatic amines is 1.